The van der Waals surface area contributed by atoms with E-state index in [9.17, 15) is 0 Å². The van der Waals surface area contributed by atoms with Gasteiger partial charge in [0.1, 0.15) is 0 Å². The van der Waals surface area contributed by atoms with Gasteiger partial charge in [-0.05, 0) is 0 Å². The number of hydrogen-bond acceptors (Lipinski definition) is 0. The summed E-state index contributed by atoms with van der Waals surface area (Å²) in [6.07, 6.45) is 0. The standard InChI is InChI=1S/C34H35GeN2/c1-22-19-23(2)24(3)28(20-22)32-21-33(27-14-9-10-17-30(27)36(32)7)37-31-18-11-8-13-25(31)26-15-12-16-29(34(26)37)35(4,5)6/h8-21H,1-7H3/q+1. The molecule has 0 spiro atoms. The number of aryl methyl sites for hydroxylation is 3. The van der Waals surface area contributed by atoms with Gasteiger partial charge in [0.05, 0.1) is 0 Å². The van der Waals surface area contributed by atoms with Gasteiger partial charge in [0, 0.05) is 0 Å². The van der Waals surface area contributed by atoms with Gasteiger partial charge in [0.2, 0.25) is 0 Å². The van der Waals surface area contributed by atoms with Gasteiger partial charge < -0.3 is 0 Å². The van der Waals surface area contributed by atoms with Crippen LogP contribution >= 0.6 is 0 Å². The molecule has 184 valence electrons. The molecule has 0 N–H and O–H groups in total. The van der Waals surface area contributed by atoms with E-state index in [1.54, 1.807) is 4.40 Å². The molecule has 37 heavy (non-hydrogen) atoms. The summed E-state index contributed by atoms with van der Waals surface area (Å²) in [5.41, 5.74) is 11.7. The van der Waals surface area contributed by atoms with Gasteiger partial charge in [-0.3, -0.25) is 0 Å². The van der Waals surface area contributed by atoms with Crippen molar-refractivity contribution in [3.63, 3.8) is 0 Å². The predicted octanol–water partition coefficient (Wildman–Crippen LogP) is 7.90. The molecule has 0 saturated heterocycles. The Morgan fingerprint density at radius 2 is 1.38 bits per heavy atom. The number of nitrogens with zero attached hydrogens (tertiary/aromatic N) is 2. The first-order valence-electron chi connectivity index (χ1n) is 13.2. The molecule has 0 aliphatic rings. The maximum atomic E-state index is 2.57. The third kappa shape index (κ3) is 3.73. The Balaban J connectivity index is 1.84. The molecule has 6 aromatic rings. The molecule has 4 aromatic carbocycles. The summed E-state index contributed by atoms with van der Waals surface area (Å²) < 4.78 is 6.49. The molecule has 3 heteroatoms. The van der Waals surface area contributed by atoms with Gasteiger partial charge in [0.15, 0.2) is 0 Å². The third-order valence-corrected chi connectivity index (χ3v) is 12.2. The van der Waals surface area contributed by atoms with E-state index >= 15 is 0 Å². The fraction of sp³-hybridized carbons (Fsp3) is 0.206. The van der Waals surface area contributed by atoms with Crippen LogP contribution in [-0.4, -0.2) is 17.8 Å². The number of pyridine rings is 1. The summed E-state index contributed by atoms with van der Waals surface area (Å²) >= 11 is -2.20. The molecule has 0 unspecified atom stereocenters. The molecule has 0 radical (unpaired) electrons. The van der Waals surface area contributed by atoms with Gasteiger partial charge in [-0.25, -0.2) is 0 Å². The zero-order valence-corrected chi connectivity index (χ0v) is 25.1. The van der Waals surface area contributed by atoms with E-state index in [2.05, 4.69) is 139 Å². The molecule has 0 aliphatic carbocycles. The van der Waals surface area contributed by atoms with Gasteiger partial charge in [-0.15, -0.1) is 0 Å². The number of hydrogen-bond donors (Lipinski definition) is 0. The molecule has 0 bridgehead atoms. The number of fused-ring (bicyclic) bond motifs is 4. The van der Waals surface area contributed by atoms with Crippen LogP contribution in [0.25, 0.3) is 49.7 Å². The zero-order chi connectivity index (χ0) is 26.1. The van der Waals surface area contributed by atoms with Crippen molar-refractivity contribution in [1.82, 2.24) is 4.57 Å². The number of aromatic nitrogens is 2. The molecular weight excluding hydrogens is 509 g/mol. The molecule has 2 nitrogen and oxygen atoms in total. The third-order valence-electron chi connectivity index (χ3n) is 8.01. The summed E-state index contributed by atoms with van der Waals surface area (Å²) in [6, 6.07) is 31.8. The summed E-state index contributed by atoms with van der Waals surface area (Å²) in [5, 5.41) is 3.96. The normalized spacial score (nSPS) is 12.2. The van der Waals surface area contributed by atoms with E-state index < -0.39 is 13.3 Å². The first-order chi connectivity index (χ1) is 17.7. The van der Waals surface area contributed by atoms with E-state index in [-0.39, 0.29) is 0 Å². The number of rotatable bonds is 3. The van der Waals surface area contributed by atoms with Crippen molar-refractivity contribution >= 4 is 50.4 Å². The van der Waals surface area contributed by atoms with E-state index in [1.165, 1.54) is 66.3 Å². The Morgan fingerprint density at radius 1 is 0.703 bits per heavy atom. The Labute approximate surface area is 222 Å². The van der Waals surface area contributed by atoms with Crippen LogP contribution in [0.15, 0.2) is 84.9 Å². The summed E-state index contributed by atoms with van der Waals surface area (Å²) in [7, 11) is 2.21. The van der Waals surface area contributed by atoms with Crippen LogP contribution in [0.4, 0.5) is 0 Å². The molecule has 2 heterocycles. The van der Waals surface area contributed by atoms with Crippen molar-refractivity contribution in [3.8, 4) is 16.9 Å². The molecule has 0 saturated carbocycles. The summed E-state index contributed by atoms with van der Waals surface area (Å²) in [4.78, 5) is 0. The average Bonchev–Trinajstić information content (AvgIpc) is 3.21. The van der Waals surface area contributed by atoms with Crippen LogP contribution in [0, 0.1) is 20.8 Å². The van der Waals surface area contributed by atoms with E-state index in [0.717, 1.165) is 0 Å². The van der Waals surface area contributed by atoms with E-state index in [1.807, 2.05) is 0 Å². The second-order valence-corrected chi connectivity index (χ2v) is 22.1. The van der Waals surface area contributed by atoms with Crippen molar-refractivity contribution in [2.24, 2.45) is 7.05 Å². The van der Waals surface area contributed by atoms with Crippen LogP contribution in [0.5, 0.6) is 0 Å². The van der Waals surface area contributed by atoms with Gasteiger partial charge >= 0.3 is 223 Å². The zero-order valence-electron chi connectivity index (χ0n) is 23.0. The maximum absolute atomic E-state index is 2.57. The van der Waals surface area contributed by atoms with Crippen molar-refractivity contribution in [1.29, 1.82) is 0 Å². The summed E-state index contributed by atoms with van der Waals surface area (Å²) in [5.74, 6) is 7.51. The van der Waals surface area contributed by atoms with E-state index in [4.69, 9.17) is 0 Å². The van der Waals surface area contributed by atoms with Gasteiger partial charge in [0.25, 0.3) is 0 Å². The Kier molecular flexibility index (Phi) is 5.58. The van der Waals surface area contributed by atoms with Crippen molar-refractivity contribution < 1.29 is 4.57 Å². The number of benzene rings is 4. The molecular formula is C34H35GeN2+. The predicted molar refractivity (Wildman–Crippen MR) is 162 cm³/mol. The fourth-order valence-electron chi connectivity index (χ4n) is 6.04. The average molecular weight is 544 g/mol. The molecule has 6 rings (SSSR count). The van der Waals surface area contributed by atoms with Gasteiger partial charge in [-0.2, -0.15) is 0 Å². The van der Waals surface area contributed by atoms with Crippen molar-refractivity contribution in [2.75, 3.05) is 0 Å². The summed E-state index contributed by atoms with van der Waals surface area (Å²) in [6.45, 7) is 6.68. The molecule has 0 fully saturated rings. The van der Waals surface area contributed by atoms with Crippen LogP contribution in [-0.2, 0) is 7.05 Å². The Morgan fingerprint density at radius 3 is 2.14 bits per heavy atom. The second kappa shape index (κ2) is 8.60. The van der Waals surface area contributed by atoms with Crippen LogP contribution in [0.1, 0.15) is 16.7 Å². The van der Waals surface area contributed by atoms with Crippen LogP contribution in [0.3, 0.4) is 0 Å². The molecule has 0 atom stereocenters. The number of para-hydroxylation sites is 3. The Hall–Kier alpha value is -3.37. The first kappa shape index (κ1) is 24.0. The van der Waals surface area contributed by atoms with Crippen molar-refractivity contribution in [2.45, 2.75) is 38.0 Å². The topological polar surface area (TPSA) is 8.81 Å². The van der Waals surface area contributed by atoms with Crippen LogP contribution in [0.2, 0.25) is 17.3 Å². The Bertz CT molecular complexity index is 1850. The molecule has 0 aliphatic heterocycles. The van der Waals surface area contributed by atoms with Crippen LogP contribution < -0.4 is 8.96 Å². The first-order valence-corrected chi connectivity index (χ1v) is 20.5. The van der Waals surface area contributed by atoms with Gasteiger partial charge in [-0.1, -0.05) is 0 Å². The quantitative estimate of drug-likeness (QED) is 0.158. The SMILES string of the molecule is Cc1cc(C)c(C)c(-c2cc(-n3c4ccccc4c4ccc[c]([Ge]([CH3])([CH3])[CH3])c43)c3ccccc3[n+]2C)c1. The van der Waals surface area contributed by atoms with Crippen molar-refractivity contribution in [3.05, 3.63) is 102 Å². The van der Waals surface area contributed by atoms with E-state index in [0.29, 0.717) is 0 Å². The second-order valence-electron chi connectivity index (χ2n) is 11.5. The monoisotopic (exact) mass is 545 g/mol. The molecule has 2 aromatic heterocycles. The minimum atomic E-state index is -2.20. The minimum absolute atomic E-state index is 1.24. The molecule has 0 amide bonds. The fourth-order valence-corrected chi connectivity index (χ4v) is 9.30.